The van der Waals surface area contributed by atoms with E-state index < -0.39 is 30.6 Å². The molecule has 0 spiro atoms. The third-order valence-electron chi connectivity index (χ3n) is 2.72. The summed E-state index contributed by atoms with van der Waals surface area (Å²) < 4.78 is 53.6. The Morgan fingerprint density at radius 2 is 1.78 bits per heavy atom. The van der Waals surface area contributed by atoms with Crippen LogP contribution in [0.4, 0.5) is 18.0 Å². The Morgan fingerprint density at radius 3 is 2.26 bits per heavy atom. The van der Waals surface area contributed by atoms with Gasteiger partial charge < -0.3 is 14.2 Å². The van der Waals surface area contributed by atoms with E-state index in [-0.39, 0.29) is 6.61 Å². The molecule has 0 aliphatic rings. The van der Waals surface area contributed by atoms with Gasteiger partial charge in [-0.3, -0.25) is 5.32 Å². The lowest BCUT2D eigenvalue weighted by Gasteiger charge is -2.32. The maximum atomic E-state index is 13.4. The van der Waals surface area contributed by atoms with E-state index in [2.05, 4.69) is 9.47 Å². The summed E-state index contributed by atoms with van der Waals surface area (Å²) in [7, 11) is 0.752. The number of hydrogen-bond donors (Lipinski definition) is 1. The first kappa shape index (κ1) is 18.8. The Balaban J connectivity index is 3.10. The van der Waals surface area contributed by atoms with Crippen LogP contribution in [-0.2, 0) is 25.6 Å². The molecule has 0 fully saturated rings. The molecule has 1 amide bonds. The van der Waals surface area contributed by atoms with Crippen LogP contribution < -0.4 is 5.32 Å². The number of ether oxygens (including phenoxy) is 3. The van der Waals surface area contributed by atoms with E-state index in [1.165, 1.54) is 24.4 Å². The Bertz CT molecular complexity index is 535. The number of alkyl carbamates (subject to hydrolysis) is 1. The molecule has 1 rings (SSSR count). The molecule has 128 valence electrons. The van der Waals surface area contributed by atoms with E-state index in [4.69, 9.17) is 4.74 Å². The number of methoxy groups -OCH3 is 1. The summed E-state index contributed by atoms with van der Waals surface area (Å²) in [6.07, 6.45) is -6.72. The van der Waals surface area contributed by atoms with Crippen molar-refractivity contribution in [1.29, 1.82) is 0 Å². The molecule has 0 heterocycles. The first-order valence-corrected chi connectivity index (χ1v) is 6.54. The minimum absolute atomic E-state index is 0.181. The topological polar surface area (TPSA) is 73.9 Å². The molecule has 0 bridgehead atoms. The van der Waals surface area contributed by atoms with E-state index in [9.17, 15) is 22.8 Å². The van der Waals surface area contributed by atoms with Crippen molar-refractivity contribution in [3.05, 3.63) is 35.9 Å². The summed E-state index contributed by atoms with van der Waals surface area (Å²) in [5.41, 5.74) is -3.29. The van der Waals surface area contributed by atoms with Gasteiger partial charge in [-0.2, -0.15) is 13.2 Å². The van der Waals surface area contributed by atoms with Crippen LogP contribution in [0.5, 0.6) is 0 Å². The summed E-state index contributed by atoms with van der Waals surface area (Å²) in [6.45, 7) is 0.638. The predicted octanol–water partition coefficient (Wildman–Crippen LogP) is 2.38. The summed E-state index contributed by atoms with van der Waals surface area (Å²) in [5, 5.41) is 1.41. The number of hydrogen-bond acceptors (Lipinski definition) is 5. The summed E-state index contributed by atoms with van der Waals surface area (Å²) in [4.78, 5) is 23.1. The summed E-state index contributed by atoms with van der Waals surface area (Å²) >= 11 is 0. The number of carbonyl (C=O) groups excluding carboxylic acids is 2. The van der Waals surface area contributed by atoms with E-state index in [1.54, 1.807) is 18.2 Å². The molecule has 23 heavy (non-hydrogen) atoms. The maximum Gasteiger partial charge on any atom is 0.448 e. The van der Waals surface area contributed by atoms with Gasteiger partial charge in [0.1, 0.15) is 0 Å². The summed E-state index contributed by atoms with van der Waals surface area (Å²) in [5.74, 6) is -1.81. The van der Waals surface area contributed by atoms with Crippen LogP contribution in [0.3, 0.4) is 0 Å². The second kappa shape index (κ2) is 7.82. The van der Waals surface area contributed by atoms with Crippen LogP contribution in [0.1, 0.15) is 12.5 Å². The summed E-state index contributed by atoms with van der Waals surface area (Å²) in [6, 6.07) is 7.85. The number of benzene rings is 1. The van der Waals surface area contributed by atoms with Gasteiger partial charge in [0.2, 0.25) is 0 Å². The van der Waals surface area contributed by atoms with Crippen molar-refractivity contribution in [3.63, 3.8) is 0 Å². The van der Waals surface area contributed by atoms with Crippen LogP contribution in [-0.4, -0.2) is 37.7 Å². The van der Waals surface area contributed by atoms with Gasteiger partial charge in [0, 0.05) is 0 Å². The molecule has 1 aromatic carbocycles. The van der Waals surface area contributed by atoms with Crippen molar-refractivity contribution in [2.75, 3.05) is 13.7 Å². The van der Waals surface area contributed by atoms with Gasteiger partial charge in [-0.1, -0.05) is 30.3 Å². The zero-order chi connectivity index (χ0) is 17.5. The molecule has 1 N–H and O–H groups in total. The Kier molecular flexibility index (Phi) is 6.38. The van der Waals surface area contributed by atoms with Crippen molar-refractivity contribution >= 4 is 12.1 Å². The minimum Gasteiger partial charge on any atom is -0.465 e. The molecule has 0 saturated heterocycles. The number of nitrogens with one attached hydrogen (secondary N) is 1. The van der Waals surface area contributed by atoms with E-state index in [0.29, 0.717) is 5.56 Å². The Hall–Kier alpha value is -2.29. The molecular formula is C14H16F3NO5. The number of amides is 1. The number of esters is 1. The average Bonchev–Trinajstić information content (AvgIpc) is 2.50. The highest BCUT2D eigenvalue weighted by Gasteiger charge is 2.65. The second-order valence-electron chi connectivity index (χ2n) is 4.29. The highest BCUT2D eigenvalue weighted by molar-refractivity contribution is 5.85. The molecule has 6 nitrogen and oxygen atoms in total. The van der Waals surface area contributed by atoms with Gasteiger partial charge in [0.25, 0.3) is 0 Å². The van der Waals surface area contributed by atoms with Crippen molar-refractivity contribution in [3.8, 4) is 0 Å². The third-order valence-corrected chi connectivity index (χ3v) is 2.72. The van der Waals surface area contributed by atoms with Gasteiger partial charge in [0.05, 0.1) is 20.3 Å². The van der Waals surface area contributed by atoms with Crippen molar-refractivity contribution in [1.82, 2.24) is 5.32 Å². The predicted molar refractivity (Wildman–Crippen MR) is 72.2 cm³/mol. The minimum atomic E-state index is -5.26. The first-order chi connectivity index (χ1) is 10.8. The lowest BCUT2D eigenvalue weighted by atomic mass is 10.2. The van der Waals surface area contributed by atoms with Crippen LogP contribution >= 0.6 is 0 Å². The molecular weight excluding hydrogens is 319 g/mol. The zero-order valence-electron chi connectivity index (χ0n) is 12.5. The zero-order valence-corrected chi connectivity index (χ0v) is 12.5. The highest BCUT2D eigenvalue weighted by atomic mass is 19.4. The molecule has 1 atom stereocenters. The molecule has 0 aromatic heterocycles. The Morgan fingerprint density at radius 1 is 1.17 bits per heavy atom. The van der Waals surface area contributed by atoms with Crippen molar-refractivity contribution in [2.45, 2.75) is 25.4 Å². The number of halogens is 3. The Labute approximate surface area is 130 Å². The molecule has 1 aromatic rings. The fraction of sp³-hybridized carbons (Fsp3) is 0.429. The fourth-order valence-electron chi connectivity index (χ4n) is 1.63. The molecule has 0 aliphatic carbocycles. The smallest absolute Gasteiger partial charge is 0.448 e. The highest BCUT2D eigenvalue weighted by Crippen LogP contribution is 2.33. The average molecular weight is 335 g/mol. The molecule has 1 unspecified atom stereocenters. The van der Waals surface area contributed by atoms with Crippen molar-refractivity contribution < 1.29 is 37.0 Å². The monoisotopic (exact) mass is 335 g/mol. The van der Waals surface area contributed by atoms with Gasteiger partial charge in [-0.25, -0.2) is 9.59 Å². The van der Waals surface area contributed by atoms with Gasteiger partial charge in [-0.05, 0) is 12.5 Å². The molecule has 0 saturated carbocycles. The van der Waals surface area contributed by atoms with E-state index >= 15 is 0 Å². The second-order valence-corrected chi connectivity index (χ2v) is 4.29. The normalized spacial score (nSPS) is 13.8. The van der Waals surface area contributed by atoms with Crippen LogP contribution in [0, 0.1) is 0 Å². The molecule has 0 radical (unpaired) electrons. The molecule has 0 aliphatic heterocycles. The SMILES string of the molecule is CCOC(=O)NC(OCc1ccccc1)(C(=O)OC)C(F)(F)F. The van der Waals surface area contributed by atoms with Crippen LogP contribution in [0.15, 0.2) is 30.3 Å². The van der Waals surface area contributed by atoms with Gasteiger partial charge in [-0.15, -0.1) is 0 Å². The fourth-order valence-corrected chi connectivity index (χ4v) is 1.63. The molecule has 9 heteroatoms. The largest absolute Gasteiger partial charge is 0.465 e. The van der Waals surface area contributed by atoms with Gasteiger partial charge >= 0.3 is 24.0 Å². The van der Waals surface area contributed by atoms with Crippen LogP contribution in [0.2, 0.25) is 0 Å². The lowest BCUT2D eigenvalue weighted by molar-refractivity contribution is -0.287. The standard InChI is InChI=1S/C14H16F3NO5/c1-3-22-12(20)18-13(11(19)21-2,14(15,16)17)23-9-10-7-5-4-6-8-10/h4-8H,3,9H2,1-2H3,(H,18,20). The third kappa shape index (κ3) is 4.59. The quantitative estimate of drug-likeness (QED) is 0.638. The van der Waals surface area contributed by atoms with E-state index in [0.717, 1.165) is 7.11 Å². The number of alkyl halides is 3. The van der Waals surface area contributed by atoms with E-state index in [1.807, 2.05) is 0 Å². The number of rotatable bonds is 6. The van der Waals surface area contributed by atoms with Crippen molar-refractivity contribution in [2.24, 2.45) is 0 Å². The number of carbonyl (C=O) groups is 2. The van der Waals surface area contributed by atoms with Gasteiger partial charge in [0.15, 0.2) is 0 Å². The lowest BCUT2D eigenvalue weighted by Crippen LogP contribution is -2.66. The first-order valence-electron chi connectivity index (χ1n) is 6.54. The maximum absolute atomic E-state index is 13.4. The van der Waals surface area contributed by atoms with Crippen LogP contribution in [0.25, 0.3) is 0 Å².